The van der Waals surface area contributed by atoms with Gasteiger partial charge in [-0.25, -0.2) is 4.68 Å². The molecule has 1 unspecified atom stereocenters. The van der Waals surface area contributed by atoms with E-state index in [4.69, 9.17) is 11.6 Å². The van der Waals surface area contributed by atoms with Crippen LogP contribution in [-0.2, 0) is 0 Å². The number of nitrogens with one attached hydrogen (secondary N) is 2. The molecule has 1 fully saturated rings. The minimum Gasteiger partial charge on any atom is -0.383 e. The third kappa shape index (κ3) is 5.35. The van der Waals surface area contributed by atoms with Crippen molar-refractivity contribution in [1.82, 2.24) is 20.0 Å². The van der Waals surface area contributed by atoms with Crippen molar-refractivity contribution in [3.8, 4) is 12.1 Å². The van der Waals surface area contributed by atoms with Gasteiger partial charge in [0.05, 0.1) is 40.6 Å². The van der Waals surface area contributed by atoms with Gasteiger partial charge in [0.25, 0.3) is 0 Å². The summed E-state index contributed by atoms with van der Waals surface area (Å²) in [5, 5.41) is 36.9. The van der Waals surface area contributed by atoms with Crippen LogP contribution in [0.15, 0.2) is 48.8 Å². The quantitative estimate of drug-likeness (QED) is 0.303. The summed E-state index contributed by atoms with van der Waals surface area (Å²) in [7, 11) is 0. The summed E-state index contributed by atoms with van der Waals surface area (Å²) in [4.78, 5) is 4.45. The first kappa shape index (κ1) is 24.5. The molecule has 8 nitrogen and oxygen atoms in total. The van der Waals surface area contributed by atoms with Crippen LogP contribution in [0.5, 0.6) is 0 Å². The molecule has 4 aromatic rings. The first-order valence-electron chi connectivity index (χ1n) is 12.2. The predicted molar refractivity (Wildman–Crippen MR) is 144 cm³/mol. The second kappa shape index (κ2) is 9.72. The fourth-order valence-corrected chi connectivity index (χ4v) is 4.32. The number of nitrogens with zero attached hydrogens (tertiary/aromatic N) is 6. The first-order valence-corrected chi connectivity index (χ1v) is 12.6. The number of benzene rings is 2. The number of hydrogen-bond acceptors (Lipinski definition) is 7. The number of nitriles is 2. The van der Waals surface area contributed by atoms with E-state index in [1.54, 1.807) is 6.07 Å². The summed E-state index contributed by atoms with van der Waals surface area (Å²) in [6, 6.07) is 15.9. The lowest BCUT2D eigenvalue weighted by Gasteiger charge is -2.22. The monoisotopic (exact) mass is 510 g/mol. The SMILES string of the molecule is CC(C)(C)CNc1c(C#N)cnc2c(C#N)cc(NC(c3ccc(Cl)cc3)c3cn(C4CC4)nn3)cc12. The molecule has 0 aliphatic heterocycles. The third-order valence-corrected chi connectivity index (χ3v) is 6.52. The zero-order chi connectivity index (χ0) is 26.2. The van der Waals surface area contributed by atoms with Crippen molar-refractivity contribution in [3.63, 3.8) is 0 Å². The van der Waals surface area contributed by atoms with Crippen molar-refractivity contribution in [2.75, 3.05) is 17.2 Å². The molecule has 2 N–H and O–H groups in total. The van der Waals surface area contributed by atoms with E-state index in [2.05, 4.69) is 58.8 Å². The molecule has 37 heavy (non-hydrogen) atoms. The van der Waals surface area contributed by atoms with Crippen LogP contribution in [0, 0.1) is 28.1 Å². The number of rotatable bonds is 7. The number of anilines is 2. The Kier molecular flexibility index (Phi) is 6.45. The molecular weight excluding hydrogens is 484 g/mol. The largest absolute Gasteiger partial charge is 0.383 e. The third-order valence-electron chi connectivity index (χ3n) is 6.27. The van der Waals surface area contributed by atoms with Gasteiger partial charge in [-0.1, -0.05) is 49.7 Å². The summed E-state index contributed by atoms with van der Waals surface area (Å²) < 4.78 is 1.92. The van der Waals surface area contributed by atoms with Crippen LogP contribution in [0.1, 0.15) is 68.1 Å². The van der Waals surface area contributed by atoms with Crippen LogP contribution in [0.2, 0.25) is 5.02 Å². The van der Waals surface area contributed by atoms with Crippen LogP contribution >= 0.6 is 11.6 Å². The molecule has 0 saturated heterocycles. The molecule has 9 heteroatoms. The highest BCUT2D eigenvalue weighted by atomic mass is 35.5. The lowest BCUT2D eigenvalue weighted by Crippen LogP contribution is -2.20. The van der Waals surface area contributed by atoms with Gasteiger partial charge < -0.3 is 10.6 Å². The molecule has 0 amide bonds. The Morgan fingerprint density at radius 1 is 1.11 bits per heavy atom. The van der Waals surface area contributed by atoms with Crippen molar-refractivity contribution < 1.29 is 0 Å². The number of hydrogen-bond donors (Lipinski definition) is 2. The van der Waals surface area contributed by atoms with Gasteiger partial charge in [-0.05, 0) is 48.1 Å². The topological polar surface area (TPSA) is 115 Å². The molecule has 2 heterocycles. The molecule has 0 bridgehead atoms. The van der Waals surface area contributed by atoms with Crippen molar-refractivity contribution in [3.05, 3.63) is 76.2 Å². The van der Waals surface area contributed by atoms with Gasteiger partial charge in [-0.2, -0.15) is 10.5 Å². The molecule has 2 aromatic heterocycles. The van der Waals surface area contributed by atoms with Crippen molar-refractivity contribution in [1.29, 1.82) is 10.5 Å². The minimum absolute atomic E-state index is 0.0106. The molecule has 1 aliphatic rings. The van der Waals surface area contributed by atoms with E-state index < -0.39 is 0 Å². The van der Waals surface area contributed by atoms with Gasteiger partial charge in [0.15, 0.2) is 0 Å². The standard InChI is InChI=1S/C28H27ClN8/c1-28(2,3)16-33-26-19(13-31)14-32-25-18(12-30)10-21(11-23(25)26)34-27(17-4-6-20(29)7-5-17)24-15-37(36-35-24)22-8-9-22/h4-7,10-11,14-15,22,27,34H,8-9,16H2,1-3H3,(H,32,33). The summed E-state index contributed by atoms with van der Waals surface area (Å²) in [6.45, 7) is 7.01. The number of aromatic nitrogens is 4. The maximum atomic E-state index is 9.96. The summed E-state index contributed by atoms with van der Waals surface area (Å²) in [5.41, 5.74) is 4.49. The van der Waals surface area contributed by atoms with Gasteiger partial charge in [-0.3, -0.25) is 4.98 Å². The first-order chi connectivity index (χ1) is 17.8. The lowest BCUT2D eigenvalue weighted by molar-refractivity contribution is 0.443. The van der Waals surface area contributed by atoms with Crippen LogP contribution in [0.4, 0.5) is 11.4 Å². The Hall–Kier alpha value is -4.14. The Morgan fingerprint density at radius 2 is 1.84 bits per heavy atom. The Balaban J connectivity index is 1.60. The summed E-state index contributed by atoms with van der Waals surface area (Å²) in [5.74, 6) is 0. The average molecular weight is 511 g/mol. The smallest absolute Gasteiger partial charge is 0.109 e. The second-order valence-electron chi connectivity index (χ2n) is 10.6. The molecule has 0 spiro atoms. The highest BCUT2D eigenvalue weighted by Crippen LogP contribution is 2.36. The van der Waals surface area contributed by atoms with Gasteiger partial charge in [0.1, 0.15) is 17.8 Å². The van der Waals surface area contributed by atoms with Gasteiger partial charge in [0.2, 0.25) is 0 Å². The fourth-order valence-electron chi connectivity index (χ4n) is 4.19. The van der Waals surface area contributed by atoms with Crippen LogP contribution in [0.3, 0.4) is 0 Å². The van der Waals surface area contributed by atoms with Gasteiger partial charge in [0, 0.05) is 28.8 Å². The zero-order valence-corrected chi connectivity index (χ0v) is 21.7. The van der Waals surface area contributed by atoms with Crippen LogP contribution < -0.4 is 10.6 Å². The Labute approximate surface area is 220 Å². The fraction of sp³-hybridized carbons (Fsp3) is 0.321. The van der Waals surface area contributed by atoms with E-state index in [9.17, 15) is 10.5 Å². The number of fused-ring (bicyclic) bond motifs is 1. The van der Waals surface area contributed by atoms with Crippen molar-refractivity contribution in [2.45, 2.75) is 45.7 Å². The Morgan fingerprint density at radius 3 is 2.49 bits per heavy atom. The average Bonchev–Trinajstić information content (AvgIpc) is 3.62. The number of halogens is 1. The van der Waals surface area contributed by atoms with E-state index in [1.807, 2.05) is 41.2 Å². The Bertz CT molecular complexity index is 1530. The van der Waals surface area contributed by atoms with Crippen LogP contribution in [0.25, 0.3) is 10.9 Å². The maximum absolute atomic E-state index is 9.96. The van der Waals surface area contributed by atoms with E-state index in [0.717, 1.165) is 24.1 Å². The number of pyridine rings is 1. The highest BCUT2D eigenvalue weighted by molar-refractivity contribution is 6.30. The maximum Gasteiger partial charge on any atom is 0.109 e. The van der Waals surface area contributed by atoms with Gasteiger partial charge in [-0.15, -0.1) is 5.10 Å². The highest BCUT2D eigenvalue weighted by Gasteiger charge is 2.27. The van der Waals surface area contributed by atoms with Crippen LogP contribution in [-0.4, -0.2) is 26.5 Å². The van der Waals surface area contributed by atoms with E-state index in [-0.39, 0.29) is 11.5 Å². The molecule has 1 saturated carbocycles. The zero-order valence-electron chi connectivity index (χ0n) is 21.0. The molecule has 1 atom stereocenters. The van der Waals surface area contributed by atoms with E-state index in [0.29, 0.717) is 51.0 Å². The summed E-state index contributed by atoms with van der Waals surface area (Å²) in [6.07, 6.45) is 5.71. The second-order valence-corrected chi connectivity index (χ2v) is 11.0. The normalized spacial score (nSPS) is 14.1. The van der Waals surface area contributed by atoms with Crippen molar-refractivity contribution in [2.24, 2.45) is 5.41 Å². The molecular formula is C28H27ClN8. The molecule has 0 radical (unpaired) electrons. The molecule has 1 aliphatic carbocycles. The van der Waals surface area contributed by atoms with E-state index >= 15 is 0 Å². The molecule has 2 aromatic carbocycles. The molecule has 5 rings (SSSR count). The molecule has 186 valence electrons. The predicted octanol–water partition coefficient (Wildman–Crippen LogP) is 6.22. The summed E-state index contributed by atoms with van der Waals surface area (Å²) >= 11 is 6.16. The van der Waals surface area contributed by atoms with E-state index in [1.165, 1.54) is 6.20 Å². The lowest BCUT2D eigenvalue weighted by atomic mass is 9.96. The van der Waals surface area contributed by atoms with Gasteiger partial charge >= 0.3 is 0 Å². The minimum atomic E-state index is -0.327. The van der Waals surface area contributed by atoms with Crippen molar-refractivity contribution >= 4 is 33.9 Å².